The summed E-state index contributed by atoms with van der Waals surface area (Å²) in [5.74, 6) is 0. The lowest BCUT2D eigenvalue weighted by molar-refractivity contribution is 0.887. The maximum Gasteiger partial charge on any atom is 0.183 e. The van der Waals surface area contributed by atoms with E-state index in [2.05, 4.69) is 10.3 Å². The lowest BCUT2D eigenvalue weighted by atomic mass is 10.2. The molecular formula is C9H8Cl2N2S2. The van der Waals surface area contributed by atoms with Crippen molar-refractivity contribution in [3.63, 3.8) is 0 Å². The van der Waals surface area contributed by atoms with Crippen LogP contribution in [-0.4, -0.2) is 4.98 Å². The Balaban J connectivity index is 2.14. The summed E-state index contributed by atoms with van der Waals surface area (Å²) < 4.78 is 1.44. The molecule has 2 aromatic rings. The van der Waals surface area contributed by atoms with Gasteiger partial charge in [-0.2, -0.15) is 0 Å². The van der Waals surface area contributed by atoms with Crippen molar-refractivity contribution >= 4 is 51.0 Å². The van der Waals surface area contributed by atoms with E-state index in [-0.39, 0.29) is 6.04 Å². The van der Waals surface area contributed by atoms with E-state index in [4.69, 9.17) is 23.2 Å². The molecule has 2 aromatic heterocycles. The van der Waals surface area contributed by atoms with Crippen LogP contribution in [0.1, 0.15) is 18.5 Å². The maximum absolute atomic E-state index is 6.06. The molecule has 0 aliphatic carbocycles. The van der Waals surface area contributed by atoms with E-state index in [1.807, 2.05) is 18.4 Å². The summed E-state index contributed by atoms with van der Waals surface area (Å²) in [5, 5.41) is 6.08. The van der Waals surface area contributed by atoms with Crippen molar-refractivity contribution in [3.8, 4) is 0 Å². The van der Waals surface area contributed by atoms with Crippen molar-refractivity contribution in [1.29, 1.82) is 0 Å². The molecule has 6 heteroatoms. The number of nitrogens with zero attached hydrogens (tertiary/aromatic N) is 1. The van der Waals surface area contributed by atoms with Crippen LogP contribution in [0.3, 0.4) is 0 Å². The van der Waals surface area contributed by atoms with Gasteiger partial charge in [-0.15, -0.1) is 22.7 Å². The van der Waals surface area contributed by atoms with E-state index < -0.39 is 0 Å². The van der Waals surface area contributed by atoms with E-state index in [1.54, 1.807) is 17.5 Å². The van der Waals surface area contributed by atoms with Gasteiger partial charge in [-0.3, -0.25) is 0 Å². The highest BCUT2D eigenvalue weighted by Gasteiger charge is 2.13. The van der Waals surface area contributed by atoms with E-state index in [9.17, 15) is 0 Å². The predicted octanol–water partition coefficient (Wildman–Crippen LogP) is 4.68. The Morgan fingerprint density at radius 1 is 1.47 bits per heavy atom. The minimum atomic E-state index is 0.118. The largest absolute Gasteiger partial charge is 0.355 e. The second-order valence-electron chi connectivity index (χ2n) is 2.98. The quantitative estimate of drug-likeness (QED) is 0.882. The SMILES string of the molecule is CC(Nc1nccs1)c1cc(Cl)sc1Cl. The van der Waals surface area contributed by atoms with Crippen molar-refractivity contribution in [1.82, 2.24) is 4.98 Å². The van der Waals surface area contributed by atoms with Crippen molar-refractivity contribution in [3.05, 3.63) is 31.9 Å². The molecular weight excluding hydrogens is 271 g/mol. The molecule has 0 radical (unpaired) electrons. The predicted molar refractivity (Wildman–Crippen MR) is 68.5 cm³/mol. The van der Waals surface area contributed by atoms with Crippen LogP contribution in [0.2, 0.25) is 8.67 Å². The zero-order chi connectivity index (χ0) is 10.8. The van der Waals surface area contributed by atoms with Crippen molar-refractivity contribution in [2.45, 2.75) is 13.0 Å². The summed E-state index contributed by atoms with van der Waals surface area (Å²) in [6.45, 7) is 2.03. The van der Waals surface area contributed by atoms with Gasteiger partial charge in [0.1, 0.15) is 0 Å². The minimum Gasteiger partial charge on any atom is -0.355 e. The van der Waals surface area contributed by atoms with Crippen LogP contribution in [0.5, 0.6) is 0 Å². The monoisotopic (exact) mass is 278 g/mol. The third kappa shape index (κ3) is 2.64. The fourth-order valence-electron chi connectivity index (χ4n) is 1.21. The standard InChI is InChI=1S/C9H8Cl2N2S2/c1-5(13-9-12-2-3-14-9)6-4-7(10)15-8(6)11/h2-5H,1H3,(H,12,13). The Kier molecular flexibility index (Phi) is 3.51. The topological polar surface area (TPSA) is 24.9 Å². The number of hydrogen-bond donors (Lipinski definition) is 1. The summed E-state index contributed by atoms with van der Waals surface area (Å²) in [6, 6.07) is 2.01. The van der Waals surface area contributed by atoms with Gasteiger partial charge in [0.15, 0.2) is 5.13 Å². The highest BCUT2D eigenvalue weighted by molar-refractivity contribution is 7.20. The summed E-state index contributed by atoms with van der Waals surface area (Å²) in [6.07, 6.45) is 1.77. The lowest BCUT2D eigenvalue weighted by Gasteiger charge is -2.11. The number of hydrogen-bond acceptors (Lipinski definition) is 4. The highest BCUT2D eigenvalue weighted by atomic mass is 35.5. The Bertz CT molecular complexity index is 439. The van der Waals surface area contributed by atoms with Gasteiger partial charge in [0.05, 0.1) is 14.7 Å². The molecule has 1 unspecified atom stereocenters. The van der Waals surface area contributed by atoms with E-state index in [1.165, 1.54) is 11.3 Å². The molecule has 0 aromatic carbocycles. The number of rotatable bonds is 3. The summed E-state index contributed by atoms with van der Waals surface area (Å²) in [4.78, 5) is 4.15. The number of anilines is 1. The Hall–Kier alpha value is -0.290. The molecule has 2 heterocycles. The molecule has 0 saturated carbocycles. The first-order valence-electron chi connectivity index (χ1n) is 4.27. The Labute approximate surface area is 106 Å². The Morgan fingerprint density at radius 3 is 2.80 bits per heavy atom. The van der Waals surface area contributed by atoms with Crippen LogP contribution in [0.4, 0.5) is 5.13 Å². The van der Waals surface area contributed by atoms with Gasteiger partial charge in [0.2, 0.25) is 0 Å². The van der Waals surface area contributed by atoms with Gasteiger partial charge < -0.3 is 5.32 Å². The molecule has 80 valence electrons. The van der Waals surface area contributed by atoms with E-state index in [0.717, 1.165) is 15.0 Å². The molecule has 1 N–H and O–H groups in total. The molecule has 0 saturated heterocycles. The third-order valence-electron chi connectivity index (χ3n) is 1.92. The summed E-state index contributed by atoms with van der Waals surface area (Å²) in [5.41, 5.74) is 1.02. The summed E-state index contributed by atoms with van der Waals surface area (Å²) >= 11 is 14.9. The normalized spacial score (nSPS) is 12.7. The van der Waals surface area contributed by atoms with Gasteiger partial charge in [0, 0.05) is 17.1 Å². The number of aromatic nitrogens is 1. The average molecular weight is 279 g/mol. The van der Waals surface area contributed by atoms with Crippen molar-refractivity contribution in [2.24, 2.45) is 0 Å². The highest BCUT2D eigenvalue weighted by Crippen LogP contribution is 2.36. The number of thiazole rings is 1. The maximum atomic E-state index is 6.06. The second kappa shape index (κ2) is 4.70. The third-order valence-corrected chi connectivity index (χ3v) is 4.14. The van der Waals surface area contributed by atoms with Gasteiger partial charge in [-0.1, -0.05) is 23.2 Å². The summed E-state index contributed by atoms with van der Waals surface area (Å²) in [7, 11) is 0. The van der Waals surface area contributed by atoms with Gasteiger partial charge in [-0.25, -0.2) is 4.98 Å². The van der Waals surface area contributed by atoms with Gasteiger partial charge in [0.25, 0.3) is 0 Å². The molecule has 0 amide bonds. The lowest BCUT2D eigenvalue weighted by Crippen LogP contribution is -2.05. The molecule has 0 bridgehead atoms. The first-order chi connectivity index (χ1) is 7.16. The smallest absolute Gasteiger partial charge is 0.183 e. The molecule has 2 rings (SSSR count). The zero-order valence-electron chi connectivity index (χ0n) is 7.83. The van der Waals surface area contributed by atoms with E-state index in [0.29, 0.717) is 4.34 Å². The van der Waals surface area contributed by atoms with Crippen LogP contribution >= 0.6 is 45.9 Å². The second-order valence-corrected chi connectivity index (χ2v) is 6.16. The molecule has 2 nitrogen and oxygen atoms in total. The van der Waals surface area contributed by atoms with Crippen molar-refractivity contribution in [2.75, 3.05) is 5.32 Å². The fraction of sp³-hybridized carbons (Fsp3) is 0.222. The average Bonchev–Trinajstić information content (AvgIpc) is 2.75. The first-order valence-corrected chi connectivity index (χ1v) is 6.73. The minimum absolute atomic E-state index is 0.118. The number of nitrogens with one attached hydrogen (secondary N) is 1. The fourth-order valence-corrected chi connectivity index (χ4v) is 3.47. The van der Waals surface area contributed by atoms with Crippen LogP contribution in [0, 0.1) is 0 Å². The van der Waals surface area contributed by atoms with Gasteiger partial charge in [-0.05, 0) is 13.0 Å². The molecule has 1 atom stereocenters. The molecule has 0 fully saturated rings. The molecule has 15 heavy (non-hydrogen) atoms. The number of halogens is 2. The van der Waals surface area contributed by atoms with Crippen LogP contribution in [0.25, 0.3) is 0 Å². The van der Waals surface area contributed by atoms with Gasteiger partial charge >= 0.3 is 0 Å². The van der Waals surface area contributed by atoms with Crippen LogP contribution in [-0.2, 0) is 0 Å². The molecule has 0 aliphatic heterocycles. The van der Waals surface area contributed by atoms with Crippen LogP contribution < -0.4 is 5.32 Å². The number of thiophene rings is 1. The molecule has 0 spiro atoms. The molecule has 0 aliphatic rings. The van der Waals surface area contributed by atoms with Crippen LogP contribution in [0.15, 0.2) is 17.6 Å². The zero-order valence-corrected chi connectivity index (χ0v) is 11.0. The first kappa shape index (κ1) is 11.2. The Morgan fingerprint density at radius 2 is 2.27 bits per heavy atom. The van der Waals surface area contributed by atoms with Crippen molar-refractivity contribution < 1.29 is 0 Å². The van der Waals surface area contributed by atoms with E-state index >= 15 is 0 Å².